The number of nitrogens with zero attached hydrogens (tertiary/aromatic N) is 1. The lowest BCUT2D eigenvalue weighted by Gasteiger charge is -2.41. The minimum Gasteiger partial charge on any atom is -0.465 e. The fourth-order valence-electron chi connectivity index (χ4n) is 4.07. The minimum atomic E-state index is -0.614. The quantitative estimate of drug-likeness (QED) is 0.604. The lowest BCUT2D eigenvalue weighted by molar-refractivity contribution is -0.152. The van der Waals surface area contributed by atoms with Gasteiger partial charge in [0.05, 0.1) is 12.0 Å². The van der Waals surface area contributed by atoms with Gasteiger partial charge < -0.3 is 14.9 Å². The van der Waals surface area contributed by atoms with Crippen LogP contribution in [0.5, 0.6) is 0 Å². The number of benzene rings is 2. The molecular weight excluding hydrogens is 418 g/mol. The summed E-state index contributed by atoms with van der Waals surface area (Å²) in [6.07, 6.45) is 1.04. The number of rotatable bonds is 7. The average molecular weight is 450 g/mol. The Bertz CT molecular complexity index is 807. The van der Waals surface area contributed by atoms with Crippen molar-refractivity contribution in [3.8, 4) is 0 Å². The summed E-state index contributed by atoms with van der Waals surface area (Å²) in [5.41, 5.74) is 1.38. The number of ether oxygens (including phenoxy) is 2. The van der Waals surface area contributed by atoms with Crippen LogP contribution in [0.3, 0.4) is 0 Å². The van der Waals surface area contributed by atoms with Crippen LogP contribution >= 0.6 is 12.4 Å². The second kappa shape index (κ2) is 12.4. The number of carbonyl (C=O) groups is 2. The molecule has 0 spiro atoms. The molecule has 1 unspecified atom stereocenters. The van der Waals surface area contributed by atoms with Gasteiger partial charge in [-0.3, -0.25) is 14.5 Å². The van der Waals surface area contributed by atoms with Crippen LogP contribution in [0.4, 0.5) is 0 Å². The topological polar surface area (TPSA) is 87.3 Å². The first kappa shape index (κ1) is 26.6. The zero-order valence-corrected chi connectivity index (χ0v) is 18.9. The van der Waals surface area contributed by atoms with Crippen molar-refractivity contribution < 1.29 is 24.5 Å². The molecule has 0 radical (unpaired) electrons. The number of carbonyl (C=O) groups excluding carboxylic acids is 2. The van der Waals surface area contributed by atoms with Crippen molar-refractivity contribution in [3.63, 3.8) is 0 Å². The Morgan fingerprint density at radius 2 is 1.55 bits per heavy atom. The average Bonchev–Trinajstić information content (AvgIpc) is 2.75. The van der Waals surface area contributed by atoms with E-state index < -0.39 is 5.41 Å². The van der Waals surface area contributed by atoms with Gasteiger partial charge in [-0.15, -0.1) is 12.4 Å². The van der Waals surface area contributed by atoms with Crippen LogP contribution in [0, 0.1) is 0 Å². The molecule has 1 atom stereocenters. The zero-order chi connectivity index (χ0) is 20.7. The van der Waals surface area contributed by atoms with E-state index in [2.05, 4.69) is 4.90 Å². The molecule has 170 valence electrons. The lowest BCUT2D eigenvalue weighted by Crippen LogP contribution is -2.49. The Hall–Kier alpha value is -2.41. The highest BCUT2D eigenvalue weighted by molar-refractivity contribution is 5.85. The number of hydrogen-bond donors (Lipinski definition) is 0. The predicted octanol–water partition coefficient (Wildman–Crippen LogP) is 3.48. The maximum absolute atomic E-state index is 12.9. The monoisotopic (exact) mass is 449 g/mol. The highest BCUT2D eigenvalue weighted by Gasteiger charge is 2.44. The Labute approximate surface area is 190 Å². The molecule has 7 heteroatoms. The molecule has 1 heterocycles. The Morgan fingerprint density at radius 1 is 1.00 bits per heavy atom. The third-order valence-electron chi connectivity index (χ3n) is 5.61. The summed E-state index contributed by atoms with van der Waals surface area (Å²) in [5.74, 6) is -0.438. The van der Waals surface area contributed by atoms with Crippen LogP contribution in [-0.4, -0.2) is 48.6 Å². The predicted molar refractivity (Wildman–Crippen MR) is 122 cm³/mol. The van der Waals surface area contributed by atoms with Gasteiger partial charge in [0.15, 0.2) is 0 Å². The van der Waals surface area contributed by atoms with Gasteiger partial charge in [0.25, 0.3) is 0 Å². The van der Waals surface area contributed by atoms with Crippen molar-refractivity contribution >= 4 is 24.3 Å². The molecule has 1 fully saturated rings. The van der Waals surface area contributed by atoms with Gasteiger partial charge in [0.2, 0.25) is 0 Å². The van der Waals surface area contributed by atoms with Crippen LogP contribution in [0.2, 0.25) is 0 Å². The van der Waals surface area contributed by atoms with Crippen molar-refractivity contribution in [1.29, 1.82) is 0 Å². The molecule has 0 aliphatic carbocycles. The zero-order valence-electron chi connectivity index (χ0n) is 18.1. The highest BCUT2D eigenvalue weighted by Crippen LogP contribution is 2.37. The third kappa shape index (κ3) is 6.53. The van der Waals surface area contributed by atoms with Gasteiger partial charge in [-0.2, -0.15) is 0 Å². The normalized spacial score (nSPS) is 16.2. The molecular formula is C24H32ClNO5. The summed E-state index contributed by atoms with van der Waals surface area (Å²) in [5, 5.41) is 0. The standard InChI is InChI=1S/C24H29NO4.ClH.H2O/c1-3-28-23(27)24(21-12-8-5-9-13-21)14-16-25(17-15-24)18-22(29-19(2)26)20-10-6-4-7-11-20;;/h4-13,22H,3,14-18H2,1-2H3;1H;1H2. The van der Waals surface area contributed by atoms with Crippen LogP contribution in [0.25, 0.3) is 0 Å². The SMILES string of the molecule is CCOC(=O)C1(c2ccccc2)CCN(CC(OC(C)=O)c2ccccc2)CC1.Cl.O. The first-order valence-electron chi connectivity index (χ1n) is 10.2. The molecule has 0 bridgehead atoms. The van der Waals surface area contributed by atoms with Gasteiger partial charge in [0, 0.05) is 13.5 Å². The van der Waals surface area contributed by atoms with Crippen LogP contribution in [0.15, 0.2) is 60.7 Å². The second-order valence-electron chi connectivity index (χ2n) is 7.48. The maximum atomic E-state index is 12.9. The number of piperidine rings is 1. The van der Waals surface area contributed by atoms with Gasteiger partial charge in [-0.05, 0) is 44.0 Å². The van der Waals surface area contributed by atoms with E-state index in [0.29, 0.717) is 26.0 Å². The molecule has 3 rings (SSSR count). The second-order valence-corrected chi connectivity index (χ2v) is 7.48. The molecule has 0 aromatic heterocycles. The molecule has 1 aliphatic heterocycles. The van der Waals surface area contributed by atoms with Crippen LogP contribution in [0.1, 0.15) is 43.9 Å². The first-order valence-corrected chi connectivity index (χ1v) is 10.2. The summed E-state index contributed by atoms with van der Waals surface area (Å²) in [6, 6.07) is 19.7. The third-order valence-corrected chi connectivity index (χ3v) is 5.61. The van der Waals surface area contributed by atoms with Crippen LogP contribution < -0.4 is 0 Å². The van der Waals surface area contributed by atoms with E-state index in [9.17, 15) is 9.59 Å². The summed E-state index contributed by atoms with van der Waals surface area (Å²) in [6.45, 7) is 5.73. The first-order chi connectivity index (χ1) is 14.0. The van der Waals surface area contributed by atoms with Gasteiger partial charge in [0.1, 0.15) is 6.10 Å². The number of halogens is 1. The fourth-order valence-corrected chi connectivity index (χ4v) is 4.07. The molecule has 0 saturated carbocycles. The molecule has 0 amide bonds. The van der Waals surface area contributed by atoms with Gasteiger partial charge in [-0.25, -0.2) is 0 Å². The lowest BCUT2D eigenvalue weighted by atomic mass is 9.72. The Kier molecular flexibility index (Phi) is 10.7. The number of likely N-dealkylation sites (tertiary alicyclic amines) is 1. The summed E-state index contributed by atoms with van der Waals surface area (Å²) >= 11 is 0. The largest absolute Gasteiger partial charge is 0.465 e. The van der Waals surface area contributed by atoms with E-state index in [4.69, 9.17) is 9.47 Å². The summed E-state index contributed by atoms with van der Waals surface area (Å²) < 4.78 is 11.0. The molecule has 31 heavy (non-hydrogen) atoms. The van der Waals surface area contributed by atoms with Crippen molar-refractivity contribution in [2.75, 3.05) is 26.2 Å². The van der Waals surface area contributed by atoms with E-state index in [1.54, 1.807) is 0 Å². The van der Waals surface area contributed by atoms with E-state index in [1.165, 1.54) is 6.92 Å². The van der Waals surface area contributed by atoms with Crippen molar-refractivity contribution in [3.05, 3.63) is 71.8 Å². The van der Waals surface area contributed by atoms with Crippen molar-refractivity contribution in [1.82, 2.24) is 4.90 Å². The van der Waals surface area contributed by atoms with Gasteiger partial charge in [-0.1, -0.05) is 60.7 Å². The van der Waals surface area contributed by atoms with E-state index in [1.807, 2.05) is 67.6 Å². The molecule has 6 nitrogen and oxygen atoms in total. The smallest absolute Gasteiger partial charge is 0.316 e. The van der Waals surface area contributed by atoms with E-state index in [0.717, 1.165) is 24.2 Å². The molecule has 2 N–H and O–H groups in total. The minimum absolute atomic E-state index is 0. The van der Waals surface area contributed by atoms with E-state index in [-0.39, 0.29) is 35.9 Å². The van der Waals surface area contributed by atoms with Gasteiger partial charge >= 0.3 is 11.9 Å². The van der Waals surface area contributed by atoms with E-state index >= 15 is 0 Å². The maximum Gasteiger partial charge on any atom is 0.316 e. The van der Waals surface area contributed by atoms with Crippen LogP contribution in [-0.2, 0) is 24.5 Å². The molecule has 2 aromatic carbocycles. The Morgan fingerprint density at radius 3 is 2.06 bits per heavy atom. The number of esters is 2. The Balaban J connectivity index is 0.00000240. The summed E-state index contributed by atoms with van der Waals surface area (Å²) in [7, 11) is 0. The fraction of sp³-hybridized carbons (Fsp3) is 0.417. The molecule has 2 aromatic rings. The highest BCUT2D eigenvalue weighted by atomic mass is 35.5. The van der Waals surface area contributed by atoms with Crippen molar-refractivity contribution in [2.45, 2.75) is 38.2 Å². The molecule has 1 aliphatic rings. The molecule has 1 saturated heterocycles. The summed E-state index contributed by atoms with van der Waals surface area (Å²) in [4.78, 5) is 26.8. The van der Waals surface area contributed by atoms with Crippen molar-refractivity contribution in [2.24, 2.45) is 0 Å². The number of hydrogen-bond acceptors (Lipinski definition) is 5.